The third-order valence-corrected chi connectivity index (χ3v) is 8.55. The van der Waals surface area contributed by atoms with E-state index < -0.39 is 20.4 Å². The van der Waals surface area contributed by atoms with Crippen LogP contribution in [0.25, 0.3) is 0 Å². The number of furan rings is 1. The van der Waals surface area contributed by atoms with Crippen LogP contribution in [0, 0.1) is 0 Å². The van der Waals surface area contributed by atoms with Crippen molar-refractivity contribution in [1.29, 1.82) is 0 Å². The summed E-state index contributed by atoms with van der Waals surface area (Å²) in [4.78, 5) is 12.1. The Balaban J connectivity index is 3.01. The van der Waals surface area contributed by atoms with Gasteiger partial charge in [0.25, 0.3) is 0 Å². The second-order valence-corrected chi connectivity index (χ2v) is 11.8. The molecule has 1 aromatic heterocycles. The van der Waals surface area contributed by atoms with Gasteiger partial charge in [0.2, 0.25) is 0 Å². The Bertz CT molecular complexity index is 503. The molecule has 0 aliphatic rings. The number of hydrogen-bond acceptors (Lipinski definition) is 4. The molecule has 0 amide bonds. The number of alkyl halides is 1. The number of rotatable bonds is 7. The Hall–Kier alpha value is -1.04. The Morgan fingerprint density at radius 3 is 2.55 bits per heavy atom. The van der Waals surface area contributed by atoms with Gasteiger partial charge in [-0.1, -0.05) is 27.4 Å². The summed E-state index contributed by atoms with van der Waals surface area (Å²) in [7, 11) is -2.10. The first-order valence-corrected chi connectivity index (χ1v) is 10.7. The van der Waals surface area contributed by atoms with Crippen LogP contribution >= 0.6 is 11.6 Å². The van der Waals surface area contributed by atoms with E-state index in [4.69, 9.17) is 25.2 Å². The molecule has 0 aliphatic carbocycles. The average Bonchev–Trinajstić information content (AvgIpc) is 2.94. The maximum atomic E-state index is 12.1. The van der Waals surface area contributed by atoms with Crippen LogP contribution < -0.4 is 0 Å². The molecule has 0 aromatic carbocycles. The molecular formula is C16H25ClO4Si. The van der Waals surface area contributed by atoms with Crippen molar-refractivity contribution < 1.29 is 18.4 Å². The van der Waals surface area contributed by atoms with Crippen LogP contribution in [-0.4, -0.2) is 26.8 Å². The van der Waals surface area contributed by atoms with Crippen molar-refractivity contribution in [2.75, 3.05) is 12.5 Å². The molecule has 0 bridgehead atoms. The van der Waals surface area contributed by atoms with Crippen LogP contribution in [0.2, 0.25) is 18.1 Å². The number of carbonyl (C=O) groups is 1. The highest BCUT2D eigenvalue weighted by Crippen LogP contribution is 2.41. The molecular weight excluding hydrogens is 320 g/mol. The van der Waals surface area contributed by atoms with E-state index in [-0.39, 0.29) is 23.1 Å². The minimum atomic E-state index is -2.10. The minimum Gasteiger partial charge on any atom is -0.472 e. The topological polar surface area (TPSA) is 48.7 Å². The molecule has 1 atom stereocenters. The minimum absolute atomic E-state index is 0.00924. The number of carbonyl (C=O) groups excluding carboxylic acids is 1. The maximum Gasteiger partial charge on any atom is 0.336 e. The monoisotopic (exact) mass is 344 g/mol. The van der Waals surface area contributed by atoms with E-state index >= 15 is 0 Å². The molecule has 0 N–H and O–H groups in total. The first-order valence-electron chi connectivity index (χ1n) is 7.22. The molecule has 4 nitrogen and oxygen atoms in total. The number of hydrogen-bond donors (Lipinski definition) is 0. The van der Waals surface area contributed by atoms with E-state index in [1.807, 2.05) is 0 Å². The van der Waals surface area contributed by atoms with Gasteiger partial charge in [-0.2, -0.15) is 0 Å². The van der Waals surface area contributed by atoms with Crippen molar-refractivity contribution in [3.8, 4) is 0 Å². The summed E-state index contributed by atoms with van der Waals surface area (Å²) in [6.45, 7) is 14.7. The first-order chi connectivity index (χ1) is 10.1. The van der Waals surface area contributed by atoms with Crippen LogP contribution in [0.15, 0.2) is 35.2 Å². The Morgan fingerprint density at radius 1 is 1.45 bits per heavy atom. The molecule has 0 saturated heterocycles. The van der Waals surface area contributed by atoms with Gasteiger partial charge in [0.1, 0.15) is 12.7 Å². The molecule has 0 spiro atoms. The third-order valence-electron chi connectivity index (χ3n) is 3.95. The van der Waals surface area contributed by atoms with E-state index in [1.54, 1.807) is 18.6 Å². The normalized spacial score (nSPS) is 13.7. The molecule has 0 saturated carbocycles. The number of halogens is 1. The summed E-state index contributed by atoms with van der Waals surface area (Å²) in [6, 6.07) is 1.78. The van der Waals surface area contributed by atoms with Gasteiger partial charge in [0, 0.05) is 5.56 Å². The van der Waals surface area contributed by atoms with E-state index in [0.717, 1.165) is 5.56 Å². The molecule has 1 rings (SSSR count). The third kappa shape index (κ3) is 4.73. The lowest BCUT2D eigenvalue weighted by Crippen LogP contribution is -2.42. The molecule has 124 valence electrons. The van der Waals surface area contributed by atoms with Crippen LogP contribution in [0.3, 0.4) is 0 Å². The summed E-state index contributed by atoms with van der Waals surface area (Å²) >= 11 is 5.55. The predicted octanol–water partition coefficient (Wildman–Crippen LogP) is 4.68. The maximum absolute atomic E-state index is 12.1. The van der Waals surface area contributed by atoms with Crippen LogP contribution in [-0.2, 0) is 14.0 Å². The van der Waals surface area contributed by atoms with Crippen molar-refractivity contribution in [2.24, 2.45) is 0 Å². The van der Waals surface area contributed by atoms with Crippen molar-refractivity contribution in [3.63, 3.8) is 0 Å². The molecule has 22 heavy (non-hydrogen) atoms. The smallest absolute Gasteiger partial charge is 0.336 e. The fourth-order valence-electron chi connectivity index (χ4n) is 1.57. The summed E-state index contributed by atoms with van der Waals surface area (Å²) in [6.07, 6.45) is 2.55. The summed E-state index contributed by atoms with van der Waals surface area (Å²) < 4.78 is 16.5. The molecule has 1 heterocycles. The van der Waals surface area contributed by atoms with E-state index in [1.165, 1.54) is 0 Å². The van der Waals surface area contributed by atoms with Gasteiger partial charge in [-0.25, -0.2) is 4.79 Å². The highest BCUT2D eigenvalue weighted by Gasteiger charge is 2.41. The Morgan fingerprint density at radius 2 is 2.09 bits per heavy atom. The van der Waals surface area contributed by atoms with Crippen molar-refractivity contribution in [2.45, 2.75) is 45.0 Å². The van der Waals surface area contributed by atoms with Gasteiger partial charge in [-0.3, -0.25) is 0 Å². The highest BCUT2D eigenvalue weighted by molar-refractivity contribution is 6.74. The molecule has 6 heteroatoms. The van der Waals surface area contributed by atoms with Gasteiger partial charge in [-0.05, 0) is 24.2 Å². The van der Waals surface area contributed by atoms with Gasteiger partial charge < -0.3 is 13.6 Å². The summed E-state index contributed by atoms with van der Waals surface area (Å²) in [5.41, 5.74) is 1.02. The molecule has 1 unspecified atom stereocenters. The van der Waals surface area contributed by atoms with Crippen LogP contribution in [0.4, 0.5) is 0 Å². The zero-order chi connectivity index (χ0) is 17.0. The standard InChI is InChI=1S/C16H25ClO4Si/c1-12(15(18)20-10-8-17)14(13-7-9-19-11-13)21-22(5,6)16(2,3)4/h7,9,11,14H,1,8,10H2,2-6H3. The lowest BCUT2D eigenvalue weighted by molar-refractivity contribution is -0.139. The zero-order valence-electron chi connectivity index (χ0n) is 13.9. The Kier molecular flexibility index (Phi) is 6.46. The quantitative estimate of drug-likeness (QED) is 0.312. The Labute approximate surface area is 138 Å². The fraction of sp³-hybridized carbons (Fsp3) is 0.562. The molecule has 1 aromatic rings. The number of ether oxygens (including phenoxy) is 1. The molecule has 0 fully saturated rings. The summed E-state index contributed by atoms with van der Waals surface area (Å²) in [5, 5.41) is 0.00924. The molecule has 0 aliphatic heterocycles. The van der Waals surface area contributed by atoms with Crippen LogP contribution in [0.1, 0.15) is 32.4 Å². The average molecular weight is 345 g/mol. The van der Waals surface area contributed by atoms with E-state index in [9.17, 15) is 4.79 Å². The van der Waals surface area contributed by atoms with E-state index in [2.05, 4.69) is 40.4 Å². The zero-order valence-corrected chi connectivity index (χ0v) is 15.7. The van der Waals surface area contributed by atoms with E-state index in [0.29, 0.717) is 0 Å². The van der Waals surface area contributed by atoms with Crippen molar-refractivity contribution in [1.82, 2.24) is 0 Å². The van der Waals surface area contributed by atoms with Gasteiger partial charge in [-0.15, -0.1) is 11.6 Å². The van der Waals surface area contributed by atoms with Gasteiger partial charge >= 0.3 is 5.97 Å². The first kappa shape index (κ1) is 19.0. The fourth-order valence-corrected chi connectivity index (χ4v) is 2.87. The number of esters is 1. The second kappa shape index (κ2) is 7.48. The second-order valence-electron chi connectivity index (χ2n) is 6.67. The van der Waals surface area contributed by atoms with Crippen LogP contribution in [0.5, 0.6) is 0 Å². The lowest BCUT2D eigenvalue weighted by Gasteiger charge is -2.39. The summed E-state index contributed by atoms with van der Waals surface area (Å²) in [5.74, 6) is -0.246. The van der Waals surface area contributed by atoms with Gasteiger partial charge in [0.15, 0.2) is 8.32 Å². The van der Waals surface area contributed by atoms with Gasteiger partial charge in [0.05, 0.1) is 24.0 Å². The van der Waals surface area contributed by atoms with Crippen molar-refractivity contribution >= 4 is 25.9 Å². The largest absolute Gasteiger partial charge is 0.472 e. The predicted molar refractivity (Wildman–Crippen MR) is 90.6 cm³/mol. The SMILES string of the molecule is C=C(C(=O)OCCCl)C(O[Si](C)(C)C(C)(C)C)c1ccoc1. The highest BCUT2D eigenvalue weighted by atomic mass is 35.5. The lowest BCUT2D eigenvalue weighted by atomic mass is 10.1. The molecule has 0 radical (unpaired) electrons. The van der Waals surface area contributed by atoms with Crippen molar-refractivity contribution in [3.05, 3.63) is 36.3 Å².